The third kappa shape index (κ3) is 2.90. The average Bonchev–Trinajstić information content (AvgIpc) is 3.36. The van der Waals surface area contributed by atoms with Crippen molar-refractivity contribution in [2.24, 2.45) is 0 Å². The number of fused-ring (bicyclic) bond motifs is 1. The van der Waals surface area contributed by atoms with Crippen LogP contribution in [0.25, 0.3) is 28.0 Å². The zero-order chi connectivity index (χ0) is 20.0. The van der Waals surface area contributed by atoms with Crippen molar-refractivity contribution in [3.63, 3.8) is 0 Å². The minimum Gasteiger partial charge on any atom is -0.382 e. The summed E-state index contributed by atoms with van der Waals surface area (Å²) in [5.74, 6) is 1.31. The molecule has 148 valence electrons. The standard InChI is InChI=1S/C20H20FN7O/c1-12-11-29-9-8-27(12)17-10-14(13-4-2-3-5-15(13)21)18-19(22)26-28(20(18)24-17)16-6-7-23-25-16/h2-7,10,12H,8-9,11H2,1H3,(H2,22,26)(H,23,25). The predicted octanol–water partition coefficient (Wildman–Crippen LogP) is 2.76. The highest BCUT2D eigenvalue weighted by atomic mass is 19.1. The number of hydrogen-bond acceptors (Lipinski definition) is 6. The second kappa shape index (κ2) is 6.85. The van der Waals surface area contributed by atoms with Crippen LogP contribution in [0, 0.1) is 5.82 Å². The molecular weight excluding hydrogens is 373 g/mol. The van der Waals surface area contributed by atoms with Crippen molar-refractivity contribution in [2.75, 3.05) is 30.4 Å². The van der Waals surface area contributed by atoms with Crippen LogP contribution in [0.1, 0.15) is 6.92 Å². The van der Waals surface area contributed by atoms with Crippen LogP contribution < -0.4 is 10.6 Å². The number of hydrogen-bond donors (Lipinski definition) is 2. The molecule has 1 aliphatic heterocycles. The maximum absolute atomic E-state index is 14.7. The van der Waals surface area contributed by atoms with E-state index in [0.29, 0.717) is 47.7 Å². The van der Waals surface area contributed by atoms with Crippen molar-refractivity contribution in [1.29, 1.82) is 0 Å². The van der Waals surface area contributed by atoms with Crippen molar-refractivity contribution < 1.29 is 9.13 Å². The summed E-state index contributed by atoms with van der Waals surface area (Å²) >= 11 is 0. The lowest BCUT2D eigenvalue weighted by atomic mass is 10.0. The molecule has 3 aromatic heterocycles. The molecule has 0 amide bonds. The van der Waals surface area contributed by atoms with Gasteiger partial charge in [-0.15, -0.1) is 5.10 Å². The number of ether oxygens (including phenoxy) is 1. The van der Waals surface area contributed by atoms with Crippen LogP contribution in [0.4, 0.5) is 16.0 Å². The summed E-state index contributed by atoms with van der Waals surface area (Å²) in [5, 5.41) is 11.9. The number of pyridine rings is 1. The van der Waals surface area contributed by atoms with Crippen LogP contribution in [0.15, 0.2) is 42.6 Å². The van der Waals surface area contributed by atoms with E-state index < -0.39 is 0 Å². The summed E-state index contributed by atoms with van der Waals surface area (Å²) < 4.78 is 21.9. The van der Waals surface area contributed by atoms with E-state index in [-0.39, 0.29) is 17.7 Å². The molecule has 0 radical (unpaired) electrons. The molecule has 5 rings (SSSR count). The number of nitrogens with one attached hydrogen (secondary N) is 1. The number of H-pyrrole nitrogens is 1. The van der Waals surface area contributed by atoms with Gasteiger partial charge in [-0.25, -0.2) is 9.37 Å². The van der Waals surface area contributed by atoms with Gasteiger partial charge in [-0.05, 0) is 19.1 Å². The van der Waals surface area contributed by atoms with Gasteiger partial charge in [0.05, 0.1) is 30.8 Å². The number of aromatic amines is 1. The van der Waals surface area contributed by atoms with Gasteiger partial charge >= 0.3 is 0 Å². The van der Waals surface area contributed by atoms with Crippen LogP contribution in [0.3, 0.4) is 0 Å². The fourth-order valence-corrected chi connectivity index (χ4v) is 3.77. The minimum atomic E-state index is -0.324. The maximum Gasteiger partial charge on any atom is 0.169 e. The van der Waals surface area contributed by atoms with E-state index >= 15 is 0 Å². The quantitative estimate of drug-likeness (QED) is 0.555. The first kappa shape index (κ1) is 17.6. The van der Waals surface area contributed by atoms with Crippen LogP contribution in [0.2, 0.25) is 0 Å². The molecule has 29 heavy (non-hydrogen) atoms. The molecule has 4 heterocycles. The topological polar surface area (TPSA) is 97.9 Å². The highest BCUT2D eigenvalue weighted by molar-refractivity contribution is 6.02. The Morgan fingerprint density at radius 1 is 1.24 bits per heavy atom. The van der Waals surface area contributed by atoms with Crippen LogP contribution in [-0.2, 0) is 4.74 Å². The lowest BCUT2D eigenvalue weighted by Crippen LogP contribution is -2.44. The largest absolute Gasteiger partial charge is 0.382 e. The number of morpholine rings is 1. The van der Waals surface area contributed by atoms with Gasteiger partial charge in [-0.1, -0.05) is 18.2 Å². The third-order valence-corrected chi connectivity index (χ3v) is 5.19. The van der Waals surface area contributed by atoms with Gasteiger partial charge in [0, 0.05) is 23.7 Å². The van der Waals surface area contributed by atoms with Gasteiger partial charge in [0.25, 0.3) is 0 Å². The number of aromatic nitrogens is 5. The zero-order valence-corrected chi connectivity index (χ0v) is 15.8. The molecule has 1 saturated heterocycles. The molecule has 1 unspecified atom stereocenters. The number of nitrogens with zero attached hydrogens (tertiary/aromatic N) is 5. The molecule has 0 aliphatic carbocycles. The van der Waals surface area contributed by atoms with Gasteiger partial charge in [0.1, 0.15) is 11.6 Å². The summed E-state index contributed by atoms with van der Waals surface area (Å²) in [6, 6.07) is 10.5. The van der Waals surface area contributed by atoms with Crippen LogP contribution in [-0.4, -0.2) is 50.8 Å². The molecule has 0 spiro atoms. The molecular formula is C20H20FN7O. The van der Waals surface area contributed by atoms with E-state index in [9.17, 15) is 4.39 Å². The maximum atomic E-state index is 14.7. The number of rotatable bonds is 3. The Kier molecular flexibility index (Phi) is 4.17. The van der Waals surface area contributed by atoms with E-state index in [1.165, 1.54) is 6.07 Å². The Morgan fingerprint density at radius 3 is 2.86 bits per heavy atom. The Bertz CT molecular complexity index is 1170. The second-order valence-corrected chi connectivity index (χ2v) is 7.06. The summed E-state index contributed by atoms with van der Waals surface area (Å²) in [6.07, 6.45) is 1.63. The van der Waals surface area contributed by atoms with E-state index in [4.69, 9.17) is 15.5 Å². The second-order valence-electron chi connectivity index (χ2n) is 7.06. The van der Waals surface area contributed by atoms with Crippen molar-refractivity contribution in [2.45, 2.75) is 13.0 Å². The van der Waals surface area contributed by atoms with Crippen molar-refractivity contribution >= 4 is 22.7 Å². The molecule has 1 aromatic carbocycles. The van der Waals surface area contributed by atoms with Crippen molar-refractivity contribution in [3.05, 3.63) is 48.4 Å². The Hall–Kier alpha value is -3.46. The SMILES string of the molecule is CC1COCCN1c1cc(-c2ccccc2F)c2c(N)nn(-c3ccn[nH]3)c2n1. The van der Waals surface area contributed by atoms with E-state index in [1.54, 1.807) is 35.1 Å². The van der Waals surface area contributed by atoms with Crippen molar-refractivity contribution in [3.8, 4) is 16.9 Å². The first-order valence-electron chi connectivity index (χ1n) is 9.42. The smallest absolute Gasteiger partial charge is 0.169 e. The summed E-state index contributed by atoms with van der Waals surface area (Å²) in [5.41, 5.74) is 7.92. The highest BCUT2D eigenvalue weighted by Crippen LogP contribution is 2.37. The minimum absolute atomic E-state index is 0.142. The summed E-state index contributed by atoms with van der Waals surface area (Å²) in [4.78, 5) is 7.02. The molecule has 8 nitrogen and oxygen atoms in total. The lowest BCUT2D eigenvalue weighted by molar-refractivity contribution is 0.0985. The Balaban J connectivity index is 1.81. The van der Waals surface area contributed by atoms with Crippen molar-refractivity contribution in [1.82, 2.24) is 25.0 Å². The van der Waals surface area contributed by atoms with Gasteiger partial charge in [0.2, 0.25) is 0 Å². The molecule has 9 heteroatoms. The number of halogens is 1. The normalized spacial score (nSPS) is 17.2. The zero-order valence-electron chi connectivity index (χ0n) is 15.8. The van der Waals surface area contributed by atoms with E-state index in [1.807, 2.05) is 6.07 Å². The fraction of sp³-hybridized carbons (Fsp3) is 0.250. The van der Waals surface area contributed by atoms with Crippen LogP contribution in [0.5, 0.6) is 0 Å². The number of nitrogens with two attached hydrogens (primary N) is 1. The Morgan fingerprint density at radius 2 is 2.10 bits per heavy atom. The lowest BCUT2D eigenvalue weighted by Gasteiger charge is -2.34. The fourth-order valence-electron chi connectivity index (χ4n) is 3.77. The van der Waals surface area contributed by atoms with E-state index in [0.717, 1.165) is 5.82 Å². The van der Waals surface area contributed by atoms with Crippen LogP contribution >= 0.6 is 0 Å². The van der Waals surface area contributed by atoms with Gasteiger partial charge < -0.3 is 15.4 Å². The molecule has 1 fully saturated rings. The summed E-state index contributed by atoms with van der Waals surface area (Å²) in [6.45, 7) is 4.00. The molecule has 0 bridgehead atoms. The molecule has 1 aliphatic rings. The van der Waals surface area contributed by atoms with Gasteiger partial charge in [-0.2, -0.15) is 9.78 Å². The molecule has 3 N–H and O–H groups in total. The van der Waals surface area contributed by atoms with Gasteiger partial charge in [0.15, 0.2) is 17.3 Å². The number of benzene rings is 1. The first-order valence-corrected chi connectivity index (χ1v) is 9.42. The van der Waals surface area contributed by atoms with E-state index in [2.05, 4.69) is 27.1 Å². The highest BCUT2D eigenvalue weighted by Gasteiger charge is 2.25. The predicted molar refractivity (Wildman–Crippen MR) is 108 cm³/mol. The number of anilines is 2. The molecule has 0 saturated carbocycles. The molecule has 1 atom stereocenters. The Labute approximate surface area is 166 Å². The average molecular weight is 393 g/mol. The van der Waals surface area contributed by atoms with Gasteiger partial charge in [-0.3, -0.25) is 5.10 Å². The molecule has 4 aromatic rings. The summed E-state index contributed by atoms with van der Waals surface area (Å²) in [7, 11) is 0. The third-order valence-electron chi connectivity index (χ3n) is 5.19. The first-order chi connectivity index (χ1) is 14.1. The monoisotopic (exact) mass is 393 g/mol. The number of nitrogen functional groups attached to an aromatic ring is 1.